The van der Waals surface area contributed by atoms with Gasteiger partial charge in [-0.05, 0) is 37.1 Å². The summed E-state index contributed by atoms with van der Waals surface area (Å²) in [6.45, 7) is 4.16. The molecule has 0 radical (unpaired) electrons. The van der Waals surface area contributed by atoms with Crippen LogP contribution in [0.1, 0.15) is 30.5 Å². The van der Waals surface area contributed by atoms with Crippen molar-refractivity contribution in [1.29, 1.82) is 0 Å². The molecule has 0 aliphatic carbocycles. The Morgan fingerprint density at radius 3 is 2.42 bits per heavy atom. The van der Waals surface area contributed by atoms with Crippen LogP contribution in [-0.4, -0.2) is 0 Å². The van der Waals surface area contributed by atoms with Gasteiger partial charge in [0.25, 0.3) is 0 Å². The van der Waals surface area contributed by atoms with Crippen LogP contribution in [0, 0.1) is 12.7 Å². The molecule has 0 fully saturated rings. The Bertz CT molecular complexity index is 531. The quantitative estimate of drug-likeness (QED) is 0.794. The number of anilines is 1. The van der Waals surface area contributed by atoms with Crippen LogP contribution in [0.15, 0.2) is 42.5 Å². The highest BCUT2D eigenvalue weighted by Crippen LogP contribution is 2.25. The molecule has 0 heterocycles. The highest BCUT2D eigenvalue weighted by atomic mass is 35.5. The van der Waals surface area contributed by atoms with E-state index in [1.807, 2.05) is 0 Å². The van der Waals surface area contributed by atoms with Gasteiger partial charge in [-0.3, -0.25) is 0 Å². The van der Waals surface area contributed by atoms with Gasteiger partial charge < -0.3 is 5.32 Å². The largest absolute Gasteiger partial charge is 0.378 e. The highest BCUT2D eigenvalue weighted by Gasteiger charge is 2.09. The van der Waals surface area contributed by atoms with Gasteiger partial charge in [0.1, 0.15) is 5.82 Å². The van der Waals surface area contributed by atoms with Gasteiger partial charge in [-0.25, -0.2) is 4.39 Å². The van der Waals surface area contributed by atoms with Gasteiger partial charge in [0.15, 0.2) is 0 Å². The van der Waals surface area contributed by atoms with Crippen LogP contribution in [0.25, 0.3) is 0 Å². The molecule has 2 aromatic rings. The van der Waals surface area contributed by atoms with E-state index in [1.54, 1.807) is 6.07 Å². The van der Waals surface area contributed by atoms with E-state index < -0.39 is 0 Å². The summed E-state index contributed by atoms with van der Waals surface area (Å²) in [4.78, 5) is 0. The summed E-state index contributed by atoms with van der Waals surface area (Å²) < 4.78 is 13.3. The zero-order chi connectivity index (χ0) is 13.8. The number of rotatable bonds is 4. The first-order valence-electron chi connectivity index (χ1n) is 6.37. The maximum atomic E-state index is 13.3. The molecule has 0 saturated heterocycles. The fourth-order valence-electron chi connectivity index (χ4n) is 2.06. The highest BCUT2D eigenvalue weighted by molar-refractivity contribution is 6.30. The molecule has 1 nitrogen and oxygen atoms in total. The summed E-state index contributed by atoms with van der Waals surface area (Å²) in [6, 6.07) is 13.0. The van der Waals surface area contributed by atoms with E-state index in [1.165, 1.54) is 23.3 Å². The van der Waals surface area contributed by atoms with E-state index in [2.05, 4.69) is 43.4 Å². The van der Waals surface area contributed by atoms with Gasteiger partial charge in [0.05, 0.1) is 6.04 Å². The first-order chi connectivity index (χ1) is 9.08. The lowest BCUT2D eigenvalue weighted by atomic mass is 10.0. The minimum Gasteiger partial charge on any atom is -0.378 e. The minimum atomic E-state index is -0.325. The first-order valence-corrected chi connectivity index (χ1v) is 6.75. The molecule has 2 aromatic carbocycles. The number of halogens is 2. The van der Waals surface area contributed by atoms with Gasteiger partial charge in [-0.15, -0.1) is 0 Å². The number of hydrogen-bond acceptors (Lipinski definition) is 1. The monoisotopic (exact) mass is 277 g/mol. The minimum absolute atomic E-state index is 0.151. The Morgan fingerprint density at radius 2 is 1.84 bits per heavy atom. The fourth-order valence-corrected chi connectivity index (χ4v) is 2.28. The van der Waals surface area contributed by atoms with Crippen LogP contribution in [0.5, 0.6) is 0 Å². The lowest BCUT2D eigenvalue weighted by molar-refractivity contribution is 0.627. The zero-order valence-corrected chi connectivity index (χ0v) is 11.8. The second-order valence-corrected chi connectivity index (χ2v) is 5.11. The average molecular weight is 278 g/mol. The summed E-state index contributed by atoms with van der Waals surface area (Å²) in [6.07, 6.45) is 0.914. The fraction of sp³-hybridized carbons (Fsp3) is 0.250. The summed E-state index contributed by atoms with van der Waals surface area (Å²) >= 11 is 5.86. The van der Waals surface area contributed by atoms with E-state index in [-0.39, 0.29) is 11.9 Å². The Morgan fingerprint density at radius 1 is 1.16 bits per heavy atom. The molecule has 0 aromatic heterocycles. The summed E-state index contributed by atoms with van der Waals surface area (Å²) in [5, 5.41) is 3.73. The van der Waals surface area contributed by atoms with Crippen molar-refractivity contribution >= 4 is 17.3 Å². The van der Waals surface area contributed by atoms with Crippen molar-refractivity contribution in [3.63, 3.8) is 0 Å². The molecule has 1 unspecified atom stereocenters. The Kier molecular flexibility index (Phi) is 4.43. The van der Waals surface area contributed by atoms with Crippen molar-refractivity contribution in [1.82, 2.24) is 0 Å². The molecule has 0 saturated carbocycles. The molecular weight excluding hydrogens is 261 g/mol. The Hall–Kier alpha value is -1.54. The molecule has 0 spiro atoms. The SMILES string of the molecule is CCC(Nc1cc(F)cc(Cl)c1)c1ccc(C)cc1. The van der Waals surface area contributed by atoms with E-state index >= 15 is 0 Å². The average Bonchev–Trinajstić information content (AvgIpc) is 2.36. The van der Waals surface area contributed by atoms with Crippen LogP contribution in [0.2, 0.25) is 5.02 Å². The van der Waals surface area contributed by atoms with Gasteiger partial charge in [-0.1, -0.05) is 48.4 Å². The van der Waals surface area contributed by atoms with Crippen molar-refractivity contribution in [3.8, 4) is 0 Å². The summed E-state index contributed by atoms with van der Waals surface area (Å²) in [7, 11) is 0. The molecule has 100 valence electrons. The van der Waals surface area contributed by atoms with Gasteiger partial charge in [-0.2, -0.15) is 0 Å². The van der Waals surface area contributed by atoms with Crippen molar-refractivity contribution in [2.75, 3.05) is 5.32 Å². The predicted octanol–water partition coefficient (Wildman–Crippen LogP) is 5.35. The molecule has 1 atom stereocenters. The molecule has 0 bridgehead atoms. The number of nitrogens with one attached hydrogen (secondary N) is 1. The molecule has 3 heteroatoms. The molecule has 0 aliphatic rings. The summed E-state index contributed by atoms with van der Waals surface area (Å²) in [5.74, 6) is -0.325. The van der Waals surface area contributed by atoms with Crippen molar-refractivity contribution in [3.05, 3.63) is 64.4 Å². The normalized spacial score (nSPS) is 12.2. The third kappa shape index (κ3) is 3.71. The van der Waals surface area contributed by atoms with Crippen molar-refractivity contribution in [2.45, 2.75) is 26.3 Å². The Labute approximate surface area is 118 Å². The van der Waals surface area contributed by atoms with Crippen LogP contribution < -0.4 is 5.32 Å². The standard InChI is InChI=1S/C16H17ClFN/c1-3-16(12-6-4-11(2)5-7-12)19-15-9-13(17)8-14(18)10-15/h4-10,16,19H,3H2,1-2H3. The first kappa shape index (κ1) is 13.9. The van der Waals surface area contributed by atoms with Crippen molar-refractivity contribution in [2.24, 2.45) is 0 Å². The van der Waals surface area contributed by atoms with E-state index in [0.717, 1.165) is 6.42 Å². The third-order valence-electron chi connectivity index (χ3n) is 3.09. The smallest absolute Gasteiger partial charge is 0.126 e. The number of benzene rings is 2. The lowest BCUT2D eigenvalue weighted by Gasteiger charge is -2.19. The number of aryl methyl sites for hydroxylation is 1. The van der Waals surface area contributed by atoms with Crippen LogP contribution >= 0.6 is 11.6 Å². The predicted molar refractivity (Wildman–Crippen MR) is 79.2 cm³/mol. The van der Waals surface area contributed by atoms with Crippen molar-refractivity contribution < 1.29 is 4.39 Å². The van der Waals surface area contributed by atoms with E-state index in [4.69, 9.17) is 11.6 Å². The topological polar surface area (TPSA) is 12.0 Å². The molecule has 1 N–H and O–H groups in total. The van der Waals surface area contributed by atoms with Gasteiger partial charge in [0, 0.05) is 10.7 Å². The van der Waals surface area contributed by atoms with E-state index in [9.17, 15) is 4.39 Å². The van der Waals surface area contributed by atoms with Gasteiger partial charge >= 0.3 is 0 Å². The molecule has 19 heavy (non-hydrogen) atoms. The summed E-state index contributed by atoms with van der Waals surface area (Å²) in [5.41, 5.74) is 3.12. The second kappa shape index (κ2) is 6.07. The van der Waals surface area contributed by atoms with Crippen LogP contribution in [0.4, 0.5) is 10.1 Å². The lowest BCUT2D eigenvalue weighted by Crippen LogP contribution is -2.09. The van der Waals surface area contributed by atoms with Crippen LogP contribution in [0.3, 0.4) is 0 Å². The maximum Gasteiger partial charge on any atom is 0.126 e. The molecule has 0 amide bonds. The second-order valence-electron chi connectivity index (χ2n) is 4.67. The molecule has 2 rings (SSSR count). The van der Waals surface area contributed by atoms with Gasteiger partial charge in [0.2, 0.25) is 0 Å². The third-order valence-corrected chi connectivity index (χ3v) is 3.31. The number of hydrogen-bond donors (Lipinski definition) is 1. The zero-order valence-electron chi connectivity index (χ0n) is 11.1. The molecular formula is C16H17ClFN. The van der Waals surface area contributed by atoms with E-state index in [0.29, 0.717) is 10.7 Å². The molecule has 0 aliphatic heterocycles. The maximum absolute atomic E-state index is 13.3. The Balaban J connectivity index is 2.21. The van der Waals surface area contributed by atoms with Crippen LogP contribution in [-0.2, 0) is 0 Å².